The van der Waals surface area contributed by atoms with Crippen molar-refractivity contribution in [3.05, 3.63) is 66.2 Å². The fourth-order valence-electron chi connectivity index (χ4n) is 3.75. The van der Waals surface area contributed by atoms with Crippen molar-refractivity contribution in [1.29, 1.82) is 0 Å². The Morgan fingerprint density at radius 2 is 1.65 bits per heavy atom. The number of piperidine rings is 1. The van der Waals surface area contributed by atoms with Crippen molar-refractivity contribution in [2.24, 2.45) is 0 Å². The summed E-state index contributed by atoms with van der Waals surface area (Å²) in [4.78, 5) is 15.0. The van der Waals surface area contributed by atoms with E-state index in [0.717, 1.165) is 37.2 Å². The number of benzene rings is 2. The summed E-state index contributed by atoms with van der Waals surface area (Å²) >= 11 is 0. The van der Waals surface area contributed by atoms with Gasteiger partial charge in [-0.15, -0.1) is 0 Å². The number of hydrogen-bond donors (Lipinski definition) is 2. The van der Waals surface area contributed by atoms with Crippen LogP contribution in [-0.2, 0) is 4.79 Å². The molecule has 0 saturated carbocycles. The first-order valence-electron chi connectivity index (χ1n) is 9.45. The maximum absolute atomic E-state index is 12.7. The van der Waals surface area contributed by atoms with Crippen LogP contribution in [0.25, 0.3) is 0 Å². The van der Waals surface area contributed by atoms with Gasteiger partial charge in [0, 0.05) is 31.7 Å². The molecule has 0 bridgehead atoms. The van der Waals surface area contributed by atoms with Gasteiger partial charge in [0.05, 0.1) is 11.6 Å². The SMILES string of the molecule is CCC(=O)C1(Nc2ccccc2)CCN(CC(O)c2ccccc2)CC1. The molecule has 1 fully saturated rings. The van der Waals surface area contributed by atoms with Crippen LogP contribution < -0.4 is 5.32 Å². The molecular weight excluding hydrogens is 324 g/mol. The van der Waals surface area contributed by atoms with Crippen molar-refractivity contribution in [2.45, 2.75) is 37.8 Å². The number of Topliss-reactive ketones (excluding diaryl/α,β-unsaturated/α-hetero) is 1. The molecule has 1 unspecified atom stereocenters. The largest absolute Gasteiger partial charge is 0.387 e. The number of para-hydroxylation sites is 1. The number of ketones is 1. The molecule has 2 aromatic carbocycles. The molecule has 138 valence electrons. The number of carbonyl (C=O) groups excluding carboxylic acids is 1. The van der Waals surface area contributed by atoms with Gasteiger partial charge in [0.2, 0.25) is 0 Å². The first kappa shape index (κ1) is 18.6. The zero-order valence-electron chi connectivity index (χ0n) is 15.4. The van der Waals surface area contributed by atoms with E-state index in [1.54, 1.807) is 0 Å². The molecule has 1 atom stereocenters. The molecule has 0 radical (unpaired) electrons. The van der Waals surface area contributed by atoms with Crippen LogP contribution in [0.2, 0.25) is 0 Å². The second-order valence-electron chi connectivity index (χ2n) is 7.08. The van der Waals surface area contributed by atoms with Gasteiger partial charge >= 0.3 is 0 Å². The molecule has 0 spiro atoms. The Kier molecular flexibility index (Phi) is 6.07. The Morgan fingerprint density at radius 3 is 2.23 bits per heavy atom. The summed E-state index contributed by atoms with van der Waals surface area (Å²) in [5, 5.41) is 14.0. The van der Waals surface area contributed by atoms with E-state index in [1.165, 1.54) is 0 Å². The Balaban J connectivity index is 1.64. The van der Waals surface area contributed by atoms with Crippen molar-refractivity contribution in [2.75, 3.05) is 25.0 Å². The van der Waals surface area contributed by atoms with E-state index in [0.29, 0.717) is 13.0 Å². The molecule has 2 N–H and O–H groups in total. The molecule has 0 amide bonds. The fourth-order valence-corrected chi connectivity index (χ4v) is 3.75. The molecule has 1 heterocycles. The second kappa shape index (κ2) is 8.47. The fraction of sp³-hybridized carbons (Fsp3) is 0.409. The molecular formula is C22H28N2O2. The average molecular weight is 352 g/mol. The van der Waals surface area contributed by atoms with Gasteiger partial charge in [-0.3, -0.25) is 4.79 Å². The highest BCUT2D eigenvalue weighted by Gasteiger charge is 2.40. The van der Waals surface area contributed by atoms with Crippen LogP contribution in [0.3, 0.4) is 0 Å². The zero-order chi connectivity index (χ0) is 18.4. The Hall–Kier alpha value is -2.17. The van der Waals surface area contributed by atoms with Crippen molar-refractivity contribution in [1.82, 2.24) is 4.90 Å². The van der Waals surface area contributed by atoms with Crippen LogP contribution >= 0.6 is 0 Å². The third-order valence-corrected chi connectivity index (χ3v) is 5.34. The number of likely N-dealkylation sites (tertiary alicyclic amines) is 1. The molecule has 1 saturated heterocycles. The lowest BCUT2D eigenvalue weighted by Crippen LogP contribution is -2.54. The van der Waals surface area contributed by atoms with Crippen molar-refractivity contribution >= 4 is 11.5 Å². The Morgan fingerprint density at radius 1 is 1.08 bits per heavy atom. The molecule has 1 aliphatic rings. The zero-order valence-corrected chi connectivity index (χ0v) is 15.4. The van der Waals surface area contributed by atoms with Crippen LogP contribution in [0.1, 0.15) is 37.9 Å². The van der Waals surface area contributed by atoms with Gasteiger partial charge in [-0.05, 0) is 30.5 Å². The van der Waals surface area contributed by atoms with E-state index < -0.39 is 11.6 Å². The van der Waals surface area contributed by atoms with E-state index in [2.05, 4.69) is 10.2 Å². The molecule has 26 heavy (non-hydrogen) atoms. The van der Waals surface area contributed by atoms with E-state index >= 15 is 0 Å². The van der Waals surface area contributed by atoms with Gasteiger partial charge in [-0.2, -0.15) is 0 Å². The minimum absolute atomic E-state index is 0.268. The number of β-amino-alcohol motifs (C(OH)–C–C–N with tert-alkyl or cyclic N) is 1. The first-order valence-corrected chi connectivity index (χ1v) is 9.45. The predicted molar refractivity (Wildman–Crippen MR) is 105 cm³/mol. The lowest BCUT2D eigenvalue weighted by atomic mass is 9.81. The predicted octanol–water partition coefficient (Wildman–Crippen LogP) is 3.65. The van der Waals surface area contributed by atoms with Crippen molar-refractivity contribution in [3.8, 4) is 0 Å². The normalized spacial score (nSPS) is 18.2. The minimum atomic E-state index is -0.496. The summed E-state index contributed by atoms with van der Waals surface area (Å²) < 4.78 is 0. The summed E-state index contributed by atoms with van der Waals surface area (Å²) in [7, 11) is 0. The third kappa shape index (κ3) is 4.32. The number of anilines is 1. The quantitative estimate of drug-likeness (QED) is 0.799. The van der Waals surface area contributed by atoms with E-state index in [9.17, 15) is 9.90 Å². The summed E-state index contributed by atoms with van der Waals surface area (Å²) in [5.74, 6) is 0.268. The molecule has 3 rings (SSSR count). The Bertz CT molecular complexity index is 695. The maximum atomic E-state index is 12.7. The number of aliphatic hydroxyl groups is 1. The molecule has 0 aliphatic carbocycles. The lowest BCUT2D eigenvalue weighted by Gasteiger charge is -2.42. The topological polar surface area (TPSA) is 52.6 Å². The number of carbonyl (C=O) groups is 1. The highest BCUT2D eigenvalue weighted by Crippen LogP contribution is 2.30. The van der Waals surface area contributed by atoms with Gasteiger partial charge in [-0.25, -0.2) is 0 Å². The van der Waals surface area contributed by atoms with E-state index in [-0.39, 0.29) is 5.78 Å². The highest BCUT2D eigenvalue weighted by molar-refractivity contribution is 5.91. The summed E-state index contributed by atoms with van der Waals surface area (Å²) in [6.07, 6.45) is 1.56. The second-order valence-corrected chi connectivity index (χ2v) is 7.08. The van der Waals surface area contributed by atoms with Gasteiger partial charge in [0.25, 0.3) is 0 Å². The van der Waals surface area contributed by atoms with Crippen LogP contribution in [0, 0.1) is 0 Å². The van der Waals surface area contributed by atoms with Crippen LogP contribution in [0.4, 0.5) is 5.69 Å². The first-order chi connectivity index (χ1) is 12.6. The number of hydrogen-bond acceptors (Lipinski definition) is 4. The van der Waals surface area contributed by atoms with E-state index in [1.807, 2.05) is 67.6 Å². The molecule has 2 aromatic rings. The van der Waals surface area contributed by atoms with Gasteiger partial charge < -0.3 is 15.3 Å². The van der Waals surface area contributed by atoms with Crippen molar-refractivity contribution in [3.63, 3.8) is 0 Å². The summed E-state index contributed by atoms with van der Waals surface area (Å²) in [5.41, 5.74) is 1.44. The van der Waals surface area contributed by atoms with Crippen LogP contribution in [0.15, 0.2) is 60.7 Å². The van der Waals surface area contributed by atoms with Gasteiger partial charge in [0.15, 0.2) is 5.78 Å². The summed E-state index contributed by atoms with van der Waals surface area (Å²) in [6.45, 7) is 4.14. The maximum Gasteiger partial charge on any atom is 0.157 e. The smallest absolute Gasteiger partial charge is 0.157 e. The number of nitrogens with zero attached hydrogens (tertiary/aromatic N) is 1. The van der Waals surface area contributed by atoms with Crippen LogP contribution in [0.5, 0.6) is 0 Å². The lowest BCUT2D eigenvalue weighted by molar-refractivity contribution is -0.124. The number of rotatable bonds is 7. The Labute approximate surface area is 155 Å². The van der Waals surface area contributed by atoms with E-state index in [4.69, 9.17) is 0 Å². The number of aliphatic hydroxyl groups excluding tert-OH is 1. The molecule has 4 heteroatoms. The minimum Gasteiger partial charge on any atom is -0.387 e. The average Bonchev–Trinajstić information content (AvgIpc) is 2.70. The van der Waals surface area contributed by atoms with Crippen LogP contribution in [-0.4, -0.2) is 41.0 Å². The van der Waals surface area contributed by atoms with Crippen molar-refractivity contribution < 1.29 is 9.90 Å². The van der Waals surface area contributed by atoms with Gasteiger partial charge in [0.1, 0.15) is 0 Å². The summed E-state index contributed by atoms with van der Waals surface area (Å²) in [6, 6.07) is 19.7. The molecule has 4 nitrogen and oxygen atoms in total. The van der Waals surface area contributed by atoms with Gasteiger partial charge in [-0.1, -0.05) is 55.5 Å². The third-order valence-electron chi connectivity index (χ3n) is 5.34. The number of nitrogens with one attached hydrogen (secondary N) is 1. The molecule has 0 aromatic heterocycles. The molecule has 1 aliphatic heterocycles. The highest BCUT2D eigenvalue weighted by atomic mass is 16.3. The monoisotopic (exact) mass is 352 g/mol. The standard InChI is InChI=1S/C22H28N2O2/c1-2-21(26)22(23-19-11-7-4-8-12-19)13-15-24(16-14-22)17-20(25)18-9-5-3-6-10-18/h3-12,20,23,25H,2,13-17H2,1H3.